The van der Waals surface area contributed by atoms with Crippen LogP contribution >= 0.6 is 27.7 Å². The molecule has 2 aliphatic rings. The van der Waals surface area contributed by atoms with Crippen LogP contribution in [0, 0.1) is 17.6 Å². The number of carbonyl (C=O) groups is 1. The molecule has 6 rings (SSSR count). The summed E-state index contributed by atoms with van der Waals surface area (Å²) in [5, 5.41) is 6.23. The standard InChI is InChI=1S/C25H17BrF7N5O2S/c1-41-23-35-16-7-14(26)19(36-22(16)40-23)15(4-9-2-10(27)5-11(28)3-9)34-17(39)8-38-21-18(20(37-38)25(31,32)33)12-6-13(12)24(21,29)30/h2-3,5,7,12-13,15H,4,6,8H2,1H3,(H,34,39)/t12-,13?,15-/m0/s1. The molecule has 41 heavy (non-hydrogen) atoms. The Morgan fingerprint density at radius 1 is 1.22 bits per heavy atom. The topological polar surface area (TPSA) is 85.8 Å². The molecule has 1 N–H and O–H groups in total. The molecular weight excluding hydrogens is 647 g/mol. The van der Waals surface area contributed by atoms with Crippen molar-refractivity contribution in [1.82, 2.24) is 25.1 Å². The number of nitrogens with zero attached hydrogens (tertiary/aromatic N) is 4. The molecule has 0 aliphatic heterocycles. The summed E-state index contributed by atoms with van der Waals surface area (Å²) in [6, 6.07) is 3.17. The minimum Gasteiger partial charge on any atom is -0.412 e. The molecule has 3 heterocycles. The summed E-state index contributed by atoms with van der Waals surface area (Å²) in [6.07, 6.45) is -3.56. The number of halogens is 8. The van der Waals surface area contributed by atoms with Crippen molar-refractivity contribution >= 4 is 44.8 Å². The van der Waals surface area contributed by atoms with E-state index in [1.807, 2.05) is 0 Å². The Kier molecular flexibility index (Phi) is 6.63. The van der Waals surface area contributed by atoms with E-state index in [1.165, 1.54) is 11.8 Å². The Hall–Kier alpha value is -3.14. The Morgan fingerprint density at radius 2 is 1.93 bits per heavy atom. The molecule has 0 radical (unpaired) electrons. The number of thioether (sulfide) groups is 1. The third kappa shape index (κ3) is 4.98. The quantitative estimate of drug-likeness (QED) is 0.179. The van der Waals surface area contributed by atoms with Crippen molar-refractivity contribution in [2.45, 2.75) is 48.7 Å². The van der Waals surface area contributed by atoms with Gasteiger partial charge in [0, 0.05) is 22.0 Å². The highest BCUT2D eigenvalue weighted by molar-refractivity contribution is 9.10. The van der Waals surface area contributed by atoms with E-state index in [9.17, 15) is 35.5 Å². The molecule has 1 aromatic carbocycles. The van der Waals surface area contributed by atoms with E-state index < -0.39 is 71.0 Å². The second-order valence-electron chi connectivity index (χ2n) is 9.80. The van der Waals surface area contributed by atoms with Crippen molar-refractivity contribution in [3.8, 4) is 0 Å². The molecule has 0 spiro atoms. The Labute approximate surface area is 239 Å². The van der Waals surface area contributed by atoms with Gasteiger partial charge in [0.05, 0.1) is 11.7 Å². The summed E-state index contributed by atoms with van der Waals surface area (Å²) in [4.78, 5) is 21.8. The summed E-state index contributed by atoms with van der Waals surface area (Å²) in [6.45, 7) is -0.958. The lowest BCUT2D eigenvalue weighted by Gasteiger charge is -2.21. The SMILES string of the molecule is CSc1nc2cc(Br)c([C@H](Cc3cc(F)cc(F)c3)NC(=O)Cn3nc(C(F)(F)F)c4c3C(F)(F)C3C[C@H]43)nc2o1. The van der Waals surface area contributed by atoms with Gasteiger partial charge in [-0.1, -0.05) is 11.8 Å². The summed E-state index contributed by atoms with van der Waals surface area (Å²) >= 11 is 4.56. The molecule has 3 aromatic heterocycles. The van der Waals surface area contributed by atoms with Crippen LogP contribution in [0.3, 0.4) is 0 Å². The van der Waals surface area contributed by atoms with E-state index >= 15 is 0 Å². The van der Waals surface area contributed by atoms with Crippen molar-refractivity contribution in [3.05, 3.63) is 68.6 Å². The highest BCUT2D eigenvalue weighted by atomic mass is 79.9. The first-order valence-electron chi connectivity index (χ1n) is 12.1. The summed E-state index contributed by atoms with van der Waals surface area (Å²) < 4.78 is 105. The van der Waals surface area contributed by atoms with Crippen LogP contribution in [0.2, 0.25) is 0 Å². The van der Waals surface area contributed by atoms with E-state index in [-0.39, 0.29) is 29.8 Å². The zero-order valence-corrected chi connectivity index (χ0v) is 23.1. The molecule has 1 saturated carbocycles. The van der Waals surface area contributed by atoms with Crippen molar-refractivity contribution in [3.63, 3.8) is 0 Å². The Morgan fingerprint density at radius 3 is 2.59 bits per heavy atom. The third-order valence-electron chi connectivity index (χ3n) is 7.04. The van der Waals surface area contributed by atoms with Crippen molar-refractivity contribution in [2.24, 2.45) is 5.92 Å². The van der Waals surface area contributed by atoms with Gasteiger partial charge >= 0.3 is 6.18 Å². The molecule has 0 saturated heterocycles. The average Bonchev–Trinajstić information content (AvgIpc) is 3.33. The number of nitrogens with one attached hydrogen (secondary N) is 1. The van der Waals surface area contributed by atoms with Gasteiger partial charge in [-0.05, 0) is 64.7 Å². The smallest absolute Gasteiger partial charge is 0.412 e. The number of alkyl halides is 5. The molecule has 1 unspecified atom stereocenters. The largest absolute Gasteiger partial charge is 0.435 e. The van der Waals surface area contributed by atoms with Crippen LogP contribution in [0.1, 0.15) is 46.6 Å². The predicted molar refractivity (Wildman–Crippen MR) is 134 cm³/mol. The van der Waals surface area contributed by atoms with Gasteiger partial charge in [-0.15, -0.1) is 0 Å². The zero-order chi connectivity index (χ0) is 29.4. The Balaban J connectivity index is 1.35. The van der Waals surface area contributed by atoms with Crippen LogP contribution in [0.15, 0.2) is 38.4 Å². The predicted octanol–water partition coefficient (Wildman–Crippen LogP) is 6.51. The molecule has 4 aromatic rings. The van der Waals surface area contributed by atoms with E-state index in [1.54, 1.807) is 12.3 Å². The fourth-order valence-corrected chi connectivity index (χ4v) is 6.25. The lowest BCUT2D eigenvalue weighted by atomic mass is 10.0. The second kappa shape index (κ2) is 9.71. The first kappa shape index (κ1) is 28.0. The normalized spacial score (nSPS) is 19.7. The number of carbonyl (C=O) groups excluding carboxylic acids is 1. The number of hydrogen-bond donors (Lipinski definition) is 1. The first-order chi connectivity index (χ1) is 19.3. The lowest BCUT2D eigenvalue weighted by molar-refractivity contribution is -0.142. The maximum atomic E-state index is 14.9. The van der Waals surface area contributed by atoms with Gasteiger partial charge in [-0.25, -0.2) is 18.7 Å². The number of amides is 1. The van der Waals surface area contributed by atoms with Crippen LogP contribution in [-0.4, -0.2) is 31.9 Å². The van der Waals surface area contributed by atoms with Crippen LogP contribution < -0.4 is 5.32 Å². The Bertz CT molecular complexity index is 1690. The fourth-order valence-electron chi connectivity index (χ4n) is 5.32. The molecule has 216 valence electrons. The van der Waals surface area contributed by atoms with Gasteiger partial charge < -0.3 is 9.73 Å². The van der Waals surface area contributed by atoms with Gasteiger partial charge in [-0.2, -0.15) is 27.1 Å². The van der Waals surface area contributed by atoms with E-state index in [0.29, 0.717) is 26.0 Å². The summed E-state index contributed by atoms with van der Waals surface area (Å²) in [5.41, 5.74) is -2.19. The van der Waals surface area contributed by atoms with E-state index in [4.69, 9.17) is 4.42 Å². The maximum absolute atomic E-state index is 14.9. The number of rotatable bonds is 7. The second-order valence-corrected chi connectivity index (χ2v) is 11.4. The highest BCUT2D eigenvalue weighted by Gasteiger charge is 2.68. The van der Waals surface area contributed by atoms with Crippen molar-refractivity contribution in [1.29, 1.82) is 0 Å². The molecule has 1 amide bonds. The number of hydrogen-bond acceptors (Lipinski definition) is 6. The molecular formula is C25H17BrF7N5O2S. The highest BCUT2D eigenvalue weighted by Crippen LogP contribution is 2.68. The van der Waals surface area contributed by atoms with Crippen LogP contribution in [-0.2, 0) is 29.9 Å². The van der Waals surface area contributed by atoms with Gasteiger partial charge in [0.2, 0.25) is 11.6 Å². The number of oxazole rings is 1. The minimum absolute atomic E-state index is 0.0880. The molecule has 1 fully saturated rings. The van der Waals surface area contributed by atoms with E-state index in [2.05, 4.69) is 36.3 Å². The number of aromatic nitrogens is 4. The monoisotopic (exact) mass is 663 g/mol. The van der Waals surface area contributed by atoms with Gasteiger partial charge in [0.25, 0.3) is 11.1 Å². The van der Waals surface area contributed by atoms with Gasteiger partial charge in [0.15, 0.2) is 5.69 Å². The summed E-state index contributed by atoms with van der Waals surface area (Å²) in [7, 11) is 0. The van der Waals surface area contributed by atoms with E-state index in [0.717, 1.165) is 12.1 Å². The van der Waals surface area contributed by atoms with Crippen LogP contribution in [0.25, 0.3) is 11.2 Å². The van der Waals surface area contributed by atoms with Crippen LogP contribution in [0.4, 0.5) is 30.7 Å². The molecule has 2 aliphatic carbocycles. The van der Waals surface area contributed by atoms with Crippen molar-refractivity contribution in [2.75, 3.05) is 6.26 Å². The van der Waals surface area contributed by atoms with Crippen molar-refractivity contribution < 1.29 is 39.9 Å². The molecule has 3 atom stereocenters. The molecule has 7 nitrogen and oxygen atoms in total. The maximum Gasteiger partial charge on any atom is 0.435 e. The average molecular weight is 664 g/mol. The third-order valence-corrected chi connectivity index (χ3v) is 8.20. The lowest BCUT2D eigenvalue weighted by Crippen LogP contribution is -2.35. The number of pyridine rings is 1. The minimum atomic E-state index is -4.99. The molecule has 0 bridgehead atoms. The number of fused-ring (bicyclic) bond motifs is 4. The van der Waals surface area contributed by atoms with Gasteiger partial charge in [0.1, 0.15) is 29.4 Å². The molecule has 16 heteroatoms. The summed E-state index contributed by atoms with van der Waals surface area (Å²) in [5.74, 6) is -8.53. The zero-order valence-electron chi connectivity index (χ0n) is 20.7. The number of benzene rings is 1. The van der Waals surface area contributed by atoms with Gasteiger partial charge in [-0.3, -0.25) is 9.48 Å². The van der Waals surface area contributed by atoms with Crippen LogP contribution in [0.5, 0.6) is 0 Å². The first-order valence-corrected chi connectivity index (χ1v) is 14.1. The fraction of sp³-hybridized carbons (Fsp3) is 0.360.